The van der Waals surface area contributed by atoms with Gasteiger partial charge in [0.15, 0.2) is 0 Å². The van der Waals surface area contributed by atoms with Crippen molar-refractivity contribution >= 4 is 11.8 Å². The molecule has 1 N–H and O–H groups in total. The van der Waals surface area contributed by atoms with Crippen molar-refractivity contribution in [1.82, 2.24) is 10.2 Å². The van der Waals surface area contributed by atoms with E-state index in [9.17, 15) is 9.59 Å². The van der Waals surface area contributed by atoms with Crippen molar-refractivity contribution in [3.05, 3.63) is 54.1 Å². The van der Waals surface area contributed by atoms with Gasteiger partial charge in [0, 0.05) is 19.0 Å². The normalized spacial score (nSPS) is 12.4. The van der Waals surface area contributed by atoms with Crippen LogP contribution in [0.3, 0.4) is 0 Å². The third-order valence-electron chi connectivity index (χ3n) is 5.52. The highest BCUT2D eigenvalue weighted by atomic mass is 16.5. The Balaban J connectivity index is 2.01. The molecule has 0 aliphatic heterocycles. The van der Waals surface area contributed by atoms with Crippen LogP contribution >= 0.6 is 0 Å². The minimum Gasteiger partial charge on any atom is -0.497 e. The van der Waals surface area contributed by atoms with Gasteiger partial charge in [0.05, 0.1) is 20.8 Å². The van der Waals surface area contributed by atoms with E-state index in [1.165, 1.54) is 0 Å². The molecule has 0 saturated carbocycles. The number of rotatable bonds is 13. The van der Waals surface area contributed by atoms with E-state index < -0.39 is 6.04 Å². The maximum atomic E-state index is 13.1. The smallest absolute Gasteiger partial charge is 0.242 e. The number of ether oxygens (including phenoxy) is 3. The first-order valence-electron chi connectivity index (χ1n) is 11.4. The number of methoxy groups -OCH3 is 2. The van der Waals surface area contributed by atoms with Crippen molar-refractivity contribution in [3.63, 3.8) is 0 Å². The molecule has 0 heterocycles. The van der Waals surface area contributed by atoms with Gasteiger partial charge in [0.2, 0.25) is 11.8 Å². The van der Waals surface area contributed by atoms with Gasteiger partial charge in [-0.1, -0.05) is 19.1 Å². The SMILES string of the molecule is CC[C@H](C)NC(=O)[C@H](C)N(Cc1cccc(OC)c1)C(=O)CCCOc1ccc(OC)cc1. The summed E-state index contributed by atoms with van der Waals surface area (Å²) >= 11 is 0. The molecule has 2 atom stereocenters. The van der Waals surface area contributed by atoms with Crippen molar-refractivity contribution in [2.45, 2.75) is 58.7 Å². The van der Waals surface area contributed by atoms with E-state index in [2.05, 4.69) is 5.32 Å². The fraction of sp³-hybridized carbons (Fsp3) is 0.462. The van der Waals surface area contributed by atoms with Crippen LogP contribution in [-0.2, 0) is 16.1 Å². The lowest BCUT2D eigenvalue weighted by atomic mass is 10.1. The Bertz CT molecular complexity index is 885. The van der Waals surface area contributed by atoms with Crippen molar-refractivity contribution in [1.29, 1.82) is 0 Å². The van der Waals surface area contributed by atoms with Crippen LogP contribution in [0.4, 0.5) is 0 Å². The zero-order valence-corrected chi connectivity index (χ0v) is 20.3. The number of nitrogens with one attached hydrogen (secondary N) is 1. The lowest BCUT2D eigenvalue weighted by Gasteiger charge is -2.30. The second kappa shape index (κ2) is 13.4. The third-order valence-corrected chi connectivity index (χ3v) is 5.52. The molecule has 2 aromatic carbocycles. The molecule has 0 bridgehead atoms. The average molecular weight is 457 g/mol. The Labute approximate surface area is 197 Å². The maximum absolute atomic E-state index is 13.1. The zero-order chi connectivity index (χ0) is 24.2. The first-order valence-corrected chi connectivity index (χ1v) is 11.4. The predicted molar refractivity (Wildman–Crippen MR) is 129 cm³/mol. The first-order chi connectivity index (χ1) is 15.9. The largest absolute Gasteiger partial charge is 0.497 e. The Morgan fingerprint density at radius 2 is 1.64 bits per heavy atom. The van der Waals surface area contributed by atoms with E-state index >= 15 is 0 Å². The molecule has 0 radical (unpaired) electrons. The van der Waals surface area contributed by atoms with Crippen molar-refractivity contribution < 1.29 is 23.8 Å². The van der Waals surface area contributed by atoms with Crippen molar-refractivity contribution in [2.75, 3.05) is 20.8 Å². The lowest BCUT2D eigenvalue weighted by molar-refractivity contribution is -0.141. The molecule has 0 spiro atoms. The number of carbonyl (C=O) groups is 2. The molecular weight excluding hydrogens is 420 g/mol. The molecule has 0 saturated heterocycles. The van der Waals surface area contributed by atoms with E-state index in [1.807, 2.05) is 62.4 Å². The van der Waals surface area contributed by atoms with Gasteiger partial charge < -0.3 is 24.4 Å². The topological polar surface area (TPSA) is 77.1 Å². The van der Waals surface area contributed by atoms with Crippen molar-refractivity contribution in [2.24, 2.45) is 0 Å². The van der Waals surface area contributed by atoms with Crippen LogP contribution in [0.5, 0.6) is 17.2 Å². The quantitative estimate of drug-likeness (QED) is 0.457. The van der Waals surface area contributed by atoms with Crippen LogP contribution < -0.4 is 19.5 Å². The molecule has 0 aliphatic rings. The highest BCUT2D eigenvalue weighted by Gasteiger charge is 2.26. The highest BCUT2D eigenvalue weighted by molar-refractivity contribution is 5.87. The summed E-state index contributed by atoms with van der Waals surface area (Å²) in [6.07, 6.45) is 1.64. The fourth-order valence-corrected chi connectivity index (χ4v) is 3.24. The van der Waals surface area contributed by atoms with Gasteiger partial charge in [-0.25, -0.2) is 0 Å². The molecule has 7 nitrogen and oxygen atoms in total. The summed E-state index contributed by atoms with van der Waals surface area (Å²) in [5.74, 6) is 1.94. The van der Waals surface area contributed by atoms with Crippen LogP contribution in [-0.4, -0.2) is 49.6 Å². The Morgan fingerprint density at radius 3 is 2.27 bits per heavy atom. The molecule has 0 aromatic heterocycles. The van der Waals surface area contributed by atoms with Crippen LogP contribution in [0, 0.1) is 0 Å². The summed E-state index contributed by atoms with van der Waals surface area (Å²) in [7, 11) is 3.22. The van der Waals surface area contributed by atoms with Gasteiger partial charge >= 0.3 is 0 Å². The van der Waals surface area contributed by atoms with Gasteiger partial charge in [0.25, 0.3) is 0 Å². The van der Waals surface area contributed by atoms with Crippen LogP contribution in [0.25, 0.3) is 0 Å². The summed E-state index contributed by atoms with van der Waals surface area (Å²) in [5, 5.41) is 2.98. The molecule has 0 unspecified atom stereocenters. The summed E-state index contributed by atoms with van der Waals surface area (Å²) in [6, 6.07) is 14.3. The van der Waals surface area contributed by atoms with Gasteiger partial charge in [0.1, 0.15) is 23.3 Å². The van der Waals surface area contributed by atoms with Crippen LogP contribution in [0.2, 0.25) is 0 Å². The third kappa shape index (κ3) is 8.33. The van der Waals surface area contributed by atoms with E-state index in [1.54, 1.807) is 26.0 Å². The average Bonchev–Trinajstić information content (AvgIpc) is 2.84. The Morgan fingerprint density at radius 1 is 0.970 bits per heavy atom. The number of carbonyl (C=O) groups excluding carboxylic acids is 2. The van der Waals surface area contributed by atoms with E-state index in [-0.39, 0.29) is 24.3 Å². The molecule has 0 fully saturated rings. The van der Waals surface area contributed by atoms with Crippen LogP contribution in [0.1, 0.15) is 45.6 Å². The summed E-state index contributed by atoms with van der Waals surface area (Å²) in [4.78, 5) is 27.5. The highest BCUT2D eigenvalue weighted by Crippen LogP contribution is 2.19. The van der Waals surface area contributed by atoms with Gasteiger partial charge in [-0.2, -0.15) is 0 Å². The molecule has 180 valence electrons. The minimum atomic E-state index is -0.597. The minimum absolute atomic E-state index is 0.0478. The molecule has 7 heteroatoms. The zero-order valence-electron chi connectivity index (χ0n) is 20.3. The molecule has 2 aromatic rings. The van der Waals surface area contributed by atoms with Gasteiger partial charge in [-0.05, 0) is 68.7 Å². The molecule has 33 heavy (non-hydrogen) atoms. The Hall–Kier alpha value is -3.22. The van der Waals surface area contributed by atoms with Gasteiger partial charge in [-0.15, -0.1) is 0 Å². The maximum Gasteiger partial charge on any atom is 0.242 e. The number of hydrogen-bond acceptors (Lipinski definition) is 5. The van der Waals surface area contributed by atoms with Crippen molar-refractivity contribution in [3.8, 4) is 17.2 Å². The van der Waals surface area contributed by atoms with E-state index in [0.717, 1.165) is 23.5 Å². The Kier molecular flexibility index (Phi) is 10.5. The fourth-order valence-electron chi connectivity index (χ4n) is 3.24. The van der Waals surface area contributed by atoms with E-state index in [4.69, 9.17) is 14.2 Å². The number of benzene rings is 2. The molecular formula is C26H36N2O5. The standard InChI is InChI=1S/C26H36N2O5/c1-6-19(2)27-26(30)20(3)28(18-21-9-7-10-24(17-21)32-5)25(29)11-8-16-33-23-14-12-22(31-4)13-15-23/h7,9-10,12-15,17,19-20H,6,8,11,16,18H2,1-5H3,(H,27,30)/t19-,20-/m0/s1. The summed E-state index contributed by atoms with van der Waals surface area (Å²) in [5.41, 5.74) is 0.903. The first kappa shape index (κ1) is 26.0. The number of nitrogens with zero attached hydrogens (tertiary/aromatic N) is 1. The van der Waals surface area contributed by atoms with Gasteiger partial charge in [-0.3, -0.25) is 9.59 Å². The second-order valence-electron chi connectivity index (χ2n) is 7.99. The molecule has 2 amide bonds. The van der Waals surface area contributed by atoms with Crippen LogP contribution in [0.15, 0.2) is 48.5 Å². The number of amides is 2. The second-order valence-corrected chi connectivity index (χ2v) is 7.99. The summed E-state index contributed by atoms with van der Waals surface area (Å²) < 4.78 is 16.2. The molecule has 0 aliphatic carbocycles. The summed E-state index contributed by atoms with van der Waals surface area (Å²) in [6.45, 7) is 6.46. The predicted octanol–water partition coefficient (Wildman–Crippen LogP) is 4.19. The van der Waals surface area contributed by atoms with E-state index in [0.29, 0.717) is 25.3 Å². The number of hydrogen-bond donors (Lipinski definition) is 1. The monoisotopic (exact) mass is 456 g/mol. The molecule has 2 rings (SSSR count). The lowest BCUT2D eigenvalue weighted by Crippen LogP contribution is -2.49.